The normalized spacial score (nSPS) is 21.9. The molecule has 2 aliphatic rings. The number of amides is 1. The summed E-state index contributed by atoms with van der Waals surface area (Å²) < 4.78 is 5.65. The minimum atomic E-state index is -0.209. The van der Waals surface area contributed by atoms with Crippen LogP contribution in [-0.2, 0) is 14.9 Å². The first-order valence-electron chi connectivity index (χ1n) is 10.6. The van der Waals surface area contributed by atoms with E-state index in [0.29, 0.717) is 12.3 Å². The van der Waals surface area contributed by atoms with Gasteiger partial charge in [-0.05, 0) is 44.1 Å². The summed E-state index contributed by atoms with van der Waals surface area (Å²) in [5.41, 5.74) is 6.81. The maximum atomic E-state index is 11.3. The summed E-state index contributed by atoms with van der Waals surface area (Å²) in [6.45, 7) is 7.06. The van der Waals surface area contributed by atoms with Crippen LogP contribution in [0.4, 0.5) is 0 Å². The van der Waals surface area contributed by atoms with E-state index >= 15 is 0 Å². The van der Waals surface area contributed by atoms with Crippen LogP contribution in [0.2, 0.25) is 0 Å². The first-order valence-corrected chi connectivity index (χ1v) is 10.6. The Morgan fingerprint density at radius 1 is 1.31 bits per heavy atom. The van der Waals surface area contributed by atoms with Crippen LogP contribution in [0.5, 0.6) is 0 Å². The fourth-order valence-corrected chi connectivity index (χ4v) is 4.45. The monoisotopic (exact) mass is 514 g/mol. The predicted molar refractivity (Wildman–Crippen MR) is 128 cm³/mol. The lowest BCUT2D eigenvalue weighted by molar-refractivity contribution is -0.119. The summed E-state index contributed by atoms with van der Waals surface area (Å²) in [6, 6.07) is 10.7. The molecule has 0 saturated carbocycles. The minimum Gasteiger partial charge on any atom is -0.381 e. The molecule has 2 saturated heterocycles. The molecular formula is C22H35IN4O2. The number of hydrogen-bond donors (Lipinski definition) is 2. The van der Waals surface area contributed by atoms with E-state index in [0.717, 1.165) is 71.0 Å². The summed E-state index contributed by atoms with van der Waals surface area (Å²) in [4.78, 5) is 18.7. The first-order chi connectivity index (χ1) is 13.6. The zero-order valence-electron chi connectivity index (χ0n) is 17.4. The number of nitrogens with one attached hydrogen (secondary N) is 1. The maximum absolute atomic E-state index is 11.3. The average molecular weight is 514 g/mol. The van der Waals surface area contributed by atoms with Crippen molar-refractivity contribution >= 4 is 35.8 Å². The highest BCUT2D eigenvalue weighted by molar-refractivity contribution is 14.0. The number of ether oxygens (including phenoxy) is 1. The molecule has 162 valence electrons. The second-order valence-corrected chi connectivity index (χ2v) is 8.05. The predicted octanol–water partition coefficient (Wildman–Crippen LogP) is 2.91. The maximum Gasteiger partial charge on any atom is 0.217 e. The number of piperidine rings is 1. The highest BCUT2D eigenvalue weighted by Gasteiger charge is 2.35. The van der Waals surface area contributed by atoms with Gasteiger partial charge in [0.1, 0.15) is 0 Å². The number of aliphatic imine (C=N–C) groups is 1. The van der Waals surface area contributed by atoms with E-state index < -0.39 is 0 Å². The molecule has 0 bridgehead atoms. The molecule has 3 N–H and O–H groups in total. The Labute approximate surface area is 191 Å². The Balaban J connectivity index is 0.00000300. The van der Waals surface area contributed by atoms with Crippen LogP contribution < -0.4 is 11.1 Å². The number of carbonyl (C=O) groups excluding carboxylic acids is 1. The van der Waals surface area contributed by atoms with Crippen molar-refractivity contribution < 1.29 is 9.53 Å². The molecule has 2 aliphatic heterocycles. The number of guanidine groups is 1. The second-order valence-electron chi connectivity index (χ2n) is 8.05. The molecule has 0 aliphatic carbocycles. The van der Waals surface area contributed by atoms with Crippen molar-refractivity contribution in [1.29, 1.82) is 0 Å². The van der Waals surface area contributed by atoms with Gasteiger partial charge in [0.2, 0.25) is 5.91 Å². The highest BCUT2D eigenvalue weighted by Crippen LogP contribution is 2.35. The number of nitrogens with zero attached hydrogens (tertiary/aromatic N) is 2. The van der Waals surface area contributed by atoms with E-state index in [1.807, 2.05) is 0 Å². The fourth-order valence-electron chi connectivity index (χ4n) is 4.45. The molecule has 1 aromatic carbocycles. The summed E-state index contributed by atoms with van der Waals surface area (Å²) in [5.74, 6) is 1.07. The smallest absolute Gasteiger partial charge is 0.217 e. The third-order valence-electron chi connectivity index (χ3n) is 6.01. The number of benzene rings is 1. The summed E-state index contributed by atoms with van der Waals surface area (Å²) in [7, 11) is 0. The molecule has 1 amide bonds. The largest absolute Gasteiger partial charge is 0.381 e. The van der Waals surface area contributed by atoms with E-state index in [-0.39, 0.29) is 35.3 Å². The SMILES string of the molecule is CCNC(=NCC1(c2ccccc2)CCOCC1)N1CCCC(CC(N)=O)C1.I. The molecule has 6 nitrogen and oxygen atoms in total. The van der Waals surface area contributed by atoms with Gasteiger partial charge in [-0.25, -0.2) is 0 Å². The lowest BCUT2D eigenvalue weighted by atomic mass is 9.74. The molecule has 0 aromatic heterocycles. The van der Waals surface area contributed by atoms with Crippen molar-refractivity contribution in [1.82, 2.24) is 10.2 Å². The number of likely N-dealkylation sites (tertiary alicyclic amines) is 1. The average Bonchev–Trinajstić information content (AvgIpc) is 2.72. The van der Waals surface area contributed by atoms with Crippen LogP contribution >= 0.6 is 24.0 Å². The first kappa shape index (κ1) is 23.9. The van der Waals surface area contributed by atoms with Gasteiger partial charge in [-0.1, -0.05) is 30.3 Å². The van der Waals surface area contributed by atoms with Crippen LogP contribution in [0.25, 0.3) is 0 Å². The molecule has 1 unspecified atom stereocenters. The van der Waals surface area contributed by atoms with Crippen molar-refractivity contribution in [2.24, 2.45) is 16.6 Å². The van der Waals surface area contributed by atoms with E-state index in [2.05, 4.69) is 47.5 Å². The number of carbonyl (C=O) groups is 1. The van der Waals surface area contributed by atoms with Crippen molar-refractivity contribution in [3.63, 3.8) is 0 Å². The Bertz CT molecular complexity index is 662. The van der Waals surface area contributed by atoms with Crippen molar-refractivity contribution in [3.05, 3.63) is 35.9 Å². The third-order valence-corrected chi connectivity index (χ3v) is 6.01. The fraction of sp³-hybridized carbons (Fsp3) is 0.636. The molecular weight excluding hydrogens is 479 g/mol. The van der Waals surface area contributed by atoms with Gasteiger partial charge in [-0.2, -0.15) is 0 Å². The molecule has 2 heterocycles. The van der Waals surface area contributed by atoms with E-state index in [9.17, 15) is 4.79 Å². The van der Waals surface area contributed by atoms with Gasteiger partial charge in [0.25, 0.3) is 0 Å². The Hall–Kier alpha value is -1.35. The van der Waals surface area contributed by atoms with E-state index in [4.69, 9.17) is 15.5 Å². The molecule has 0 radical (unpaired) electrons. The minimum absolute atomic E-state index is 0. The van der Waals surface area contributed by atoms with Crippen LogP contribution in [0.15, 0.2) is 35.3 Å². The van der Waals surface area contributed by atoms with E-state index in [1.165, 1.54) is 5.56 Å². The van der Waals surface area contributed by atoms with Crippen molar-refractivity contribution in [2.75, 3.05) is 39.4 Å². The Kier molecular flexibility index (Phi) is 9.68. The molecule has 7 heteroatoms. The number of rotatable bonds is 6. The Morgan fingerprint density at radius 2 is 2.03 bits per heavy atom. The summed E-state index contributed by atoms with van der Waals surface area (Å²) in [6.07, 6.45) is 4.57. The quantitative estimate of drug-likeness (QED) is 0.348. The van der Waals surface area contributed by atoms with Gasteiger partial charge in [0.15, 0.2) is 5.96 Å². The van der Waals surface area contributed by atoms with Crippen LogP contribution in [0.1, 0.15) is 44.6 Å². The Morgan fingerprint density at radius 3 is 2.69 bits per heavy atom. The zero-order chi connectivity index (χ0) is 19.8. The van der Waals surface area contributed by atoms with Gasteiger partial charge in [-0.15, -0.1) is 24.0 Å². The third kappa shape index (κ3) is 6.57. The molecule has 2 fully saturated rings. The lowest BCUT2D eigenvalue weighted by Gasteiger charge is -2.38. The van der Waals surface area contributed by atoms with Crippen LogP contribution in [-0.4, -0.2) is 56.2 Å². The lowest BCUT2D eigenvalue weighted by Crippen LogP contribution is -2.48. The molecule has 1 aromatic rings. The topological polar surface area (TPSA) is 80.0 Å². The van der Waals surface area contributed by atoms with Gasteiger partial charge in [0.05, 0.1) is 6.54 Å². The van der Waals surface area contributed by atoms with Crippen molar-refractivity contribution in [2.45, 2.75) is 44.4 Å². The molecule has 29 heavy (non-hydrogen) atoms. The molecule has 1 atom stereocenters. The summed E-state index contributed by atoms with van der Waals surface area (Å²) in [5, 5.41) is 3.46. The van der Waals surface area contributed by atoms with Gasteiger partial charge < -0.3 is 20.7 Å². The molecule has 0 spiro atoms. The zero-order valence-corrected chi connectivity index (χ0v) is 19.8. The van der Waals surface area contributed by atoms with Crippen molar-refractivity contribution in [3.8, 4) is 0 Å². The second kappa shape index (κ2) is 11.7. The number of primary amides is 1. The summed E-state index contributed by atoms with van der Waals surface area (Å²) >= 11 is 0. The van der Waals surface area contributed by atoms with Crippen LogP contribution in [0, 0.1) is 5.92 Å². The highest BCUT2D eigenvalue weighted by atomic mass is 127. The van der Waals surface area contributed by atoms with Gasteiger partial charge >= 0.3 is 0 Å². The van der Waals surface area contributed by atoms with Gasteiger partial charge in [0, 0.05) is 44.7 Å². The standard InChI is InChI=1S/C22H34N4O2.HI/c1-2-24-21(26-12-6-7-18(16-26)15-20(23)27)25-17-22(10-13-28-14-11-22)19-8-4-3-5-9-19;/h3-5,8-9,18H,2,6-7,10-17H2,1H3,(H2,23,27)(H,24,25);1H. The van der Waals surface area contributed by atoms with Gasteiger partial charge in [-0.3, -0.25) is 9.79 Å². The molecule has 3 rings (SSSR count). The number of hydrogen-bond acceptors (Lipinski definition) is 3. The van der Waals surface area contributed by atoms with E-state index in [1.54, 1.807) is 0 Å². The number of halogens is 1. The van der Waals surface area contributed by atoms with Crippen LogP contribution in [0.3, 0.4) is 0 Å². The number of nitrogens with two attached hydrogens (primary N) is 1.